The number of sulfonamides is 1. The van der Waals surface area contributed by atoms with E-state index in [1.54, 1.807) is 43.6 Å². The van der Waals surface area contributed by atoms with Crippen molar-refractivity contribution in [2.75, 3.05) is 23.1 Å². The van der Waals surface area contributed by atoms with Crippen LogP contribution < -0.4 is 20.1 Å². The Hall–Kier alpha value is -4.75. The number of halogens is 3. The highest BCUT2D eigenvalue weighted by atomic mass is 32.2. The Morgan fingerprint density at radius 2 is 1.82 bits per heavy atom. The molecule has 1 saturated heterocycles. The number of nitrogens with one attached hydrogen (secondary N) is 3. The van der Waals surface area contributed by atoms with Gasteiger partial charge in [0.15, 0.2) is 0 Å². The molecule has 6 rings (SSSR count). The van der Waals surface area contributed by atoms with E-state index in [4.69, 9.17) is 9.72 Å². The van der Waals surface area contributed by atoms with Crippen LogP contribution >= 0.6 is 0 Å². The topological polar surface area (TPSA) is 118 Å². The van der Waals surface area contributed by atoms with Crippen LogP contribution in [0.4, 0.5) is 24.8 Å². The molecule has 45 heavy (non-hydrogen) atoms. The fraction of sp³-hybridized carbons (Fsp3) is 0.219. The average molecular weight is 635 g/mol. The number of anilines is 2. The summed E-state index contributed by atoms with van der Waals surface area (Å²) < 4.78 is 77.3. The number of benzene rings is 3. The molecule has 0 spiro atoms. The van der Waals surface area contributed by atoms with Crippen LogP contribution in [0.2, 0.25) is 0 Å². The molecule has 1 atom stereocenters. The zero-order chi connectivity index (χ0) is 31.6. The molecule has 1 aliphatic rings. The number of hydrogen-bond donors (Lipinski definition) is 3. The number of pyridine rings is 1. The van der Waals surface area contributed by atoms with E-state index >= 15 is 4.39 Å². The van der Waals surface area contributed by atoms with Crippen molar-refractivity contribution in [1.29, 1.82) is 0 Å². The van der Waals surface area contributed by atoms with Crippen LogP contribution in [-0.2, 0) is 15.8 Å². The molecule has 0 bridgehead atoms. The van der Waals surface area contributed by atoms with E-state index in [1.165, 1.54) is 6.07 Å². The summed E-state index contributed by atoms with van der Waals surface area (Å²) in [7, 11) is -4.31. The molecule has 1 unspecified atom stereocenters. The lowest BCUT2D eigenvalue weighted by Gasteiger charge is -2.23. The molecule has 2 aromatic heterocycles. The first-order chi connectivity index (χ1) is 21.7. The zero-order valence-corrected chi connectivity index (χ0v) is 25.0. The quantitative estimate of drug-likeness (QED) is 0.173. The average Bonchev–Trinajstić information content (AvgIpc) is 3.02. The highest BCUT2D eigenvalue weighted by Crippen LogP contribution is 2.40. The Balaban J connectivity index is 1.32. The summed E-state index contributed by atoms with van der Waals surface area (Å²) in [6.45, 7) is 3.60. The molecule has 3 aromatic carbocycles. The minimum atomic E-state index is -4.31. The van der Waals surface area contributed by atoms with Crippen LogP contribution in [0.25, 0.3) is 22.0 Å². The van der Waals surface area contributed by atoms with Gasteiger partial charge in [0.25, 0.3) is 0 Å². The monoisotopic (exact) mass is 634 g/mol. The number of rotatable bonds is 9. The van der Waals surface area contributed by atoms with Crippen LogP contribution in [0.15, 0.2) is 73.1 Å². The first-order valence-corrected chi connectivity index (χ1v) is 15.9. The van der Waals surface area contributed by atoms with Gasteiger partial charge < -0.3 is 15.4 Å². The molecular weight excluding hydrogens is 605 g/mol. The Bertz CT molecular complexity index is 1990. The van der Waals surface area contributed by atoms with Crippen molar-refractivity contribution in [3.63, 3.8) is 0 Å². The van der Waals surface area contributed by atoms with E-state index < -0.39 is 33.2 Å². The maximum Gasteiger partial charge on any atom is 0.237 e. The molecule has 13 heteroatoms. The van der Waals surface area contributed by atoms with E-state index in [-0.39, 0.29) is 28.6 Å². The molecule has 3 N–H and O–H groups in total. The molecule has 3 heterocycles. The van der Waals surface area contributed by atoms with Crippen molar-refractivity contribution in [2.45, 2.75) is 31.6 Å². The van der Waals surface area contributed by atoms with E-state index in [1.807, 2.05) is 6.07 Å². The first kappa shape index (κ1) is 30.3. The van der Waals surface area contributed by atoms with Crippen molar-refractivity contribution in [3.8, 4) is 22.9 Å². The second kappa shape index (κ2) is 12.7. The minimum absolute atomic E-state index is 0.207. The van der Waals surface area contributed by atoms with E-state index in [0.29, 0.717) is 40.0 Å². The zero-order valence-electron chi connectivity index (χ0n) is 24.1. The van der Waals surface area contributed by atoms with Crippen LogP contribution in [0.3, 0.4) is 0 Å². The highest BCUT2D eigenvalue weighted by molar-refractivity contribution is 7.91. The van der Waals surface area contributed by atoms with Gasteiger partial charge in [-0.2, -0.15) is 0 Å². The predicted octanol–water partition coefficient (Wildman–Crippen LogP) is 6.32. The van der Waals surface area contributed by atoms with Crippen molar-refractivity contribution < 1.29 is 26.3 Å². The predicted molar refractivity (Wildman–Crippen MR) is 166 cm³/mol. The number of aromatic nitrogens is 3. The van der Waals surface area contributed by atoms with Gasteiger partial charge in [0.2, 0.25) is 21.9 Å². The van der Waals surface area contributed by atoms with Crippen molar-refractivity contribution in [3.05, 3.63) is 102 Å². The second-order valence-electron chi connectivity index (χ2n) is 10.7. The molecule has 0 amide bonds. The minimum Gasteiger partial charge on any atom is -0.437 e. The van der Waals surface area contributed by atoms with Crippen LogP contribution in [-0.4, -0.2) is 42.5 Å². The van der Waals surface area contributed by atoms with Gasteiger partial charge in [-0.3, -0.25) is 4.72 Å². The third-order valence-electron chi connectivity index (χ3n) is 7.45. The van der Waals surface area contributed by atoms with Crippen molar-refractivity contribution in [1.82, 2.24) is 20.3 Å². The Labute approximate surface area is 258 Å². The van der Waals surface area contributed by atoms with E-state index in [0.717, 1.165) is 44.1 Å². The second-order valence-corrected chi connectivity index (χ2v) is 12.5. The van der Waals surface area contributed by atoms with Crippen LogP contribution in [0, 0.1) is 24.4 Å². The summed E-state index contributed by atoms with van der Waals surface area (Å²) in [4.78, 5) is 13.5. The summed E-state index contributed by atoms with van der Waals surface area (Å²) in [6.07, 6.45) is 5.28. The van der Waals surface area contributed by atoms with Gasteiger partial charge in [-0.25, -0.2) is 36.5 Å². The third-order valence-corrected chi connectivity index (χ3v) is 8.65. The number of fused-ring (bicyclic) bond motifs is 1. The number of piperidine rings is 1. The lowest BCUT2D eigenvalue weighted by atomic mass is 10.0. The molecule has 5 aromatic rings. The molecule has 232 valence electrons. The Morgan fingerprint density at radius 1 is 0.978 bits per heavy atom. The van der Waals surface area contributed by atoms with Gasteiger partial charge in [-0.05, 0) is 68.3 Å². The van der Waals surface area contributed by atoms with Crippen molar-refractivity contribution >= 4 is 32.4 Å². The smallest absolute Gasteiger partial charge is 0.237 e. The number of nitrogens with zero attached hydrogens (tertiary/aromatic N) is 3. The SMILES string of the molecule is Cc1ccc2c(NS(=O)(=O)Cc3ccc(F)cc3F)c(F)ccc2c1Oc1ncccc1-c1ccnc(NC2CCCNC2)n1. The van der Waals surface area contributed by atoms with Crippen molar-refractivity contribution in [2.24, 2.45) is 0 Å². The third kappa shape index (κ3) is 6.84. The first-order valence-electron chi connectivity index (χ1n) is 14.3. The maximum atomic E-state index is 15.1. The van der Waals surface area contributed by atoms with E-state index in [9.17, 15) is 17.2 Å². The normalized spacial score (nSPS) is 15.2. The van der Waals surface area contributed by atoms with Gasteiger partial charge in [-0.1, -0.05) is 18.2 Å². The van der Waals surface area contributed by atoms with Gasteiger partial charge in [0, 0.05) is 47.4 Å². The summed E-state index contributed by atoms with van der Waals surface area (Å²) in [5.74, 6) is -2.48. The van der Waals surface area contributed by atoms with Crippen LogP contribution in [0.5, 0.6) is 11.6 Å². The maximum absolute atomic E-state index is 15.1. The summed E-state index contributed by atoms with van der Waals surface area (Å²) >= 11 is 0. The number of aryl methyl sites for hydroxylation is 1. The Morgan fingerprint density at radius 3 is 2.62 bits per heavy atom. The van der Waals surface area contributed by atoms with Gasteiger partial charge in [0.05, 0.1) is 22.7 Å². The largest absolute Gasteiger partial charge is 0.437 e. The summed E-state index contributed by atoms with van der Waals surface area (Å²) in [5.41, 5.74) is 1.26. The summed E-state index contributed by atoms with van der Waals surface area (Å²) in [6, 6.07) is 13.9. The number of ether oxygens (including phenoxy) is 1. The van der Waals surface area contributed by atoms with Crippen LogP contribution in [0.1, 0.15) is 24.0 Å². The molecule has 1 fully saturated rings. The van der Waals surface area contributed by atoms with Gasteiger partial charge in [0.1, 0.15) is 23.2 Å². The van der Waals surface area contributed by atoms with Gasteiger partial charge >= 0.3 is 0 Å². The van der Waals surface area contributed by atoms with Gasteiger partial charge in [-0.15, -0.1) is 0 Å². The number of hydrogen-bond acceptors (Lipinski definition) is 8. The summed E-state index contributed by atoms with van der Waals surface area (Å²) in [5, 5.41) is 7.35. The standard InChI is InChI=1S/C32H29F3N6O3S/c1-19-6-9-23-24(10-11-26(34)29(23)41-45(42,43)18-20-7-8-21(33)16-27(20)35)30(19)44-31-25(5-3-14-37-31)28-12-15-38-32(40-28)39-22-4-2-13-36-17-22/h3,5-12,14-16,22,36,41H,2,4,13,17-18H2,1H3,(H,38,39,40). The Kier molecular flexibility index (Phi) is 8.55. The molecular formula is C32H29F3N6O3S. The molecule has 0 saturated carbocycles. The molecule has 0 aliphatic carbocycles. The molecule has 0 radical (unpaired) electrons. The van der Waals surface area contributed by atoms with E-state index in [2.05, 4.69) is 25.3 Å². The fourth-order valence-corrected chi connectivity index (χ4v) is 6.47. The fourth-order valence-electron chi connectivity index (χ4n) is 5.23. The lowest BCUT2D eigenvalue weighted by molar-refractivity contribution is 0.466. The highest BCUT2D eigenvalue weighted by Gasteiger charge is 2.22. The lowest BCUT2D eigenvalue weighted by Crippen LogP contribution is -2.38. The molecule has 9 nitrogen and oxygen atoms in total. The molecule has 1 aliphatic heterocycles.